The number of nitrogens with zero attached hydrogens (tertiary/aromatic N) is 1. The number of thiophene rings is 2. The van der Waals surface area contributed by atoms with E-state index in [1.807, 2.05) is 55.8 Å². The zero-order valence-electron chi connectivity index (χ0n) is 18.2. The number of ether oxygens (including phenoxy) is 2. The van der Waals surface area contributed by atoms with Crippen LogP contribution in [0.3, 0.4) is 0 Å². The lowest BCUT2D eigenvalue weighted by Crippen LogP contribution is -2.43. The number of amides is 2. The van der Waals surface area contributed by atoms with Crippen molar-refractivity contribution in [1.29, 1.82) is 0 Å². The van der Waals surface area contributed by atoms with Crippen molar-refractivity contribution in [2.75, 3.05) is 6.61 Å². The number of carbonyl (C=O) groups is 2. The van der Waals surface area contributed by atoms with Gasteiger partial charge < -0.3 is 14.8 Å². The Hall–Kier alpha value is -2.06. The van der Waals surface area contributed by atoms with Gasteiger partial charge in [0.2, 0.25) is 0 Å². The Labute approximate surface area is 187 Å². The monoisotopic (exact) mass is 452 g/mol. The molecule has 0 radical (unpaired) electrons. The first kappa shape index (κ1) is 24.2. The fraction of sp³-hybridized carbons (Fsp3) is 0.545. The van der Waals surface area contributed by atoms with Crippen LogP contribution in [0.5, 0.6) is 0 Å². The molecule has 0 saturated heterocycles. The Bertz CT molecular complexity index is 718. The highest BCUT2D eigenvalue weighted by atomic mass is 32.1. The number of alkyl carbamates (subject to hydrolysis) is 1. The molecule has 30 heavy (non-hydrogen) atoms. The number of hydrogen-bond acceptors (Lipinski definition) is 6. The van der Waals surface area contributed by atoms with Gasteiger partial charge in [0.05, 0.1) is 19.1 Å². The van der Waals surface area contributed by atoms with Crippen LogP contribution in [-0.4, -0.2) is 35.3 Å². The quantitative estimate of drug-likeness (QED) is 0.478. The molecule has 0 aromatic carbocycles. The topological polar surface area (TPSA) is 67.9 Å². The van der Waals surface area contributed by atoms with Gasteiger partial charge in [0.25, 0.3) is 0 Å². The zero-order valence-corrected chi connectivity index (χ0v) is 19.8. The van der Waals surface area contributed by atoms with Gasteiger partial charge in [0, 0.05) is 9.75 Å². The number of nitrogens with one attached hydrogen (secondary N) is 1. The molecule has 0 aliphatic rings. The van der Waals surface area contributed by atoms with Crippen molar-refractivity contribution in [2.45, 2.75) is 71.7 Å². The first-order chi connectivity index (χ1) is 14.3. The smallest absolute Gasteiger partial charge is 0.410 e. The number of rotatable bonds is 10. The highest BCUT2D eigenvalue weighted by Gasteiger charge is 2.22. The third-order valence-corrected chi connectivity index (χ3v) is 5.87. The highest BCUT2D eigenvalue weighted by molar-refractivity contribution is 7.10. The first-order valence-electron chi connectivity index (χ1n) is 10.2. The lowest BCUT2D eigenvalue weighted by molar-refractivity contribution is 0.0443. The second-order valence-corrected chi connectivity index (χ2v) is 10.1. The lowest BCUT2D eigenvalue weighted by Gasteiger charge is -2.25. The van der Waals surface area contributed by atoms with Gasteiger partial charge in [-0.2, -0.15) is 0 Å². The van der Waals surface area contributed by atoms with Gasteiger partial charge in [0.15, 0.2) is 0 Å². The Morgan fingerprint density at radius 3 is 2.17 bits per heavy atom. The van der Waals surface area contributed by atoms with E-state index in [1.54, 1.807) is 27.6 Å². The van der Waals surface area contributed by atoms with Crippen molar-refractivity contribution >= 4 is 34.9 Å². The van der Waals surface area contributed by atoms with Crippen LogP contribution in [0.4, 0.5) is 9.59 Å². The molecule has 2 amide bonds. The van der Waals surface area contributed by atoms with E-state index in [0.717, 1.165) is 29.0 Å². The van der Waals surface area contributed by atoms with Crippen LogP contribution in [0.15, 0.2) is 35.0 Å². The van der Waals surface area contributed by atoms with Crippen molar-refractivity contribution in [1.82, 2.24) is 10.2 Å². The van der Waals surface area contributed by atoms with Gasteiger partial charge in [0.1, 0.15) is 12.2 Å². The molecular weight excluding hydrogens is 420 g/mol. The third-order valence-electron chi connectivity index (χ3n) is 4.15. The predicted octanol–water partition coefficient (Wildman–Crippen LogP) is 6.03. The summed E-state index contributed by atoms with van der Waals surface area (Å²) >= 11 is 3.22. The maximum Gasteiger partial charge on any atom is 0.410 e. The normalized spacial score (nSPS) is 12.3. The molecule has 6 nitrogen and oxygen atoms in total. The van der Waals surface area contributed by atoms with Gasteiger partial charge in [-0.05, 0) is 50.1 Å². The summed E-state index contributed by atoms with van der Waals surface area (Å²) in [6.07, 6.45) is 1.76. The van der Waals surface area contributed by atoms with E-state index in [1.165, 1.54) is 0 Å². The van der Waals surface area contributed by atoms with Gasteiger partial charge in [-0.25, -0.2) is 9.59 Å². The van der Waals surface area contributed by atoms with Crippen LogP contribution in [0.25, 0.3) is 0 Å². The summed E-state index contributed by atoms with van der Waals surface area (Å²) in [5.41, 5.74) is -0.575. The SMILES string of the molecule is CCCC[C@H](COC(=O)N(Cc1cccs1)Cc1cccs1)NC(=O)OC(C)(C)C. The van der Waals surface area contributed by atoms with Crippen LogP contribution >= 0.6 is 22.7 Å². The number of unbranched alkanes of at least 4 members (excludes halogenated alkanes) is 1. The molecule has 0 aliphatic heterocycles. The fourth-order valence-electron chi connectivity index (χ4n) is 2.75. The minimum atomic E-state index is -0.575. The highest BCUT2D eigenvalue weighted by Crippen LogP contribution is 2.18. The third kappa shape index (κ3) is 9.17. The van der Waals surface area contributed by atoms with Crippen LogP contribution in [0, 0.1) is 0 Å². The Balaban J connectivity index is 1.97. The molecular formula is C22H32N2O4S2. The number of hydrogen-bond donors (Lipinski definition) is 1. The summed E-state index contributed by atoms with van der Waals surface area (Å²) in [5.74, 6) is 0. The van der Waals surface area contributed by atoms with Crippen molar-refractivity contribution < 1.29 is 19.1 Å². The molecule has 166 valence electrons. The van der Waals surface area contributed by atoms with Crippen LogP contribution in [-0.2, 0) is 22.6 Å². The molecule has 2 heterocycles. The molecule has 1 N–H and O–H groups in total. The molecule has 8 heteroatoms. The average Bonchev–Trinajstić information content (AvgIpc) is 3.35. The van der Waals surface area contributed by atoms with E-state index in [9.17, 15) is 9.59 Å². The zero-order chi connectivity index (χ0) is 22.0. The van der Waals surface area contributed by atoms with E-state index in [2.05, 4.69) is 12.2 Å². The molecule has 0 saturated carbocycles. The molecule has 0 fully saturated rings. The minimum absolute atomic E-state index is 0.115. The maximum absolute atomic E-state index is 12.9. The van der Waals surface area contributed by atoms with Crippen LogP contribution in [0.1, 0.15) is 56.7 Å². The van der Waals surface area contributed by atoms with Gasteiger partial charge in [-0.15, -0.1) is 22.7 Å². The number of carbonyl (C=O) groups excluding carboxylic acids is 2. The largest absolute Gasteiger partial charge is 0.447 e. The molecule has 2 aromatic heterocycles. The van der Waals surface area contributed by atoms with Crippen molar-refractivity contribution in [3.05, 3.63) is 44.8 Å². The van der Waals surface area contributed by atoms with Crippen LogP contribution < -0.4 is 5.32 Å². The summed E-state index contributed by atoms with van der Waals surface area (Å²) in [4.78, 5) is 28.9. The molecule has 1 atom stereocenters. The van der Waals surface area contributed by atoms with Crippen molar-refractivity contribution in [3.63, 3.8) is 0 Å². The van der Waals surface area contributed by atoms with E-state index >= 15 is 0 Å². The molecule has 2 aromatic rings. The summed E-state index contributed by atoms with van der Waals surface area (Å²) in [6.45, 7) is 8.65. The van der Waals surface area contributed by atoms with Gasteiger partial charge in [-0.1, -0.05) is 31.9 Å². The van der Waals surface area contributed by atoms with Gasteiger partial charge >= 0.3 is 12.2 Å². The fourth-order valence-corrected chi connectivity index (χ4v) is 4.19. The Morgan fingerprint density at radius 2 is 1.70 bits per heavy atom. The Morgan fingerprint density at radius 1 is 1.10 bits per heavy atom. The van der Waals surface area contributed by atoms with Crippen molar-refractivity contribution in [3.8, 4) is 0 Å². The summed E-state index contributed by atoms with van der Waals surface area (Å²) < 4.78 is 11.0. The standard InChI is InChI=1S/C22H32N2O4S2/c1-5-6-9-17(23-20(25)28-22(2,3)4)16-27-21(26)24(14-18-10-7-12-29-18)15-19-11-8-13-30-19/h7-8,10-13,17H,5-6,9,14-16H2,1-4H3,(H,23,25)/t17-/m1/s1. The second-order valence-electron chi connectivity index (χ2n) is 8.08. The van der Waals surface area contributed by atoms with E-state index in [4.69, 9.17) is 9.47 Å². The van der Waals surface area contributed by atoms with E-state index in [-0.39, 0.29) is 18.7 Å². The van der Waals surface area contributed by atoms with Crippen molar-refractivity contribution in [2.24, 2.45) is 0 Å². The second kappa shape index (κ2) is 12.0. The molecule has 0 aliphatic carbocycles. The average molecular weight is 453 g/mol. The molecule has 0 spiro atoms. The van der Waals surface area contributed by atoms with E-state index < -0.39 is 11.7 Å². The molecule has 0 unspecified atom stereocenters. The predicted molar refractivity (Wildman–Crippen MR) is 122 cm³/mol. The summed E-state index contributed by atoms with van der Waals surface area (Å²) in [6, 6.07) is 7.68. The van der Waals surface area contributed by atoms with E-state index in [0.29, 0.717) is 13.1 Å². The minimum Gasteiger partial charge on any atom is -0.447 e. The van der Waals surface area contributed by atoms with Gasteiger partial charge in [-0.3, -0.25) is 4.90 Å². The summed E-state index contributed by atoms with van der Waals surface area (Å²) in [7, 11) is 0. The maximum atomic E-state index is 12.9. The lowest BCUT2D eigenvalue weighted by atomic mass is 10.1. The molecule has 2 rings (SSSR count). The first-order valence-corrected chi connectivity index (χ1v) is 12.0. The summed E-state index contributed by atoms with van der Waals surface area (Å²) in [5, 5.41) is 6.83. The molecule has 0 bridgehead atoms. The van der Waals surface area contributed by atoms with Crippen LogP contribution in [0.2, 0.25) is 0 Å². The Kier molecular flexibility index (Phi) is 9.65.